The lowest BCUT2D eigenvalue weighted by molar-refractivity contribution is 0.193. The lowest BCUT2D eigenvalue weighted by Crippen LogP contribution is -2.20. The number of hydrogen-bond acceptors (Lipinski definition) is 7. The third-order valence-electron chi connectivity index (χ3n) is 4.47. The Labute approximate surface area is 154 Å². The van der Waals surface area contributed by atoms with E-state index in [1.54, 1.807) is 7.11 Å². The van der Waals surface area contributed by atoms with E-state index in [4.69, 9.17) is 19.9 Å². The summed E-state index contributed by atoms with van der Waals surface area (Å²) in [6.45, 7) is 4.60. The third kappa shape index (κ3) is 3.99. The predicted octanol–water partition coefficient (Wildman–Crippen LogP) is 2.61. The molecule has 1 atom stereocenters. The lowest BCUT2D eigenvalue weighted by Gasteiger charge is -2.22. The average Bonchev–Trinajstić information content (AvgIpc) is 3.17. The summed E-state index contributed by atoms with van der Waals surface area (Å²) in [4.78, 5) is 10.8. The molecule has 0 bridgehead atoms. The van der Waals surface area contributed by atoms with Gasteiger partial charge in [-0.2, -0.15) is 4.98 Å². The van der Waals surface area contributed by atoms with Crippen molar-refractivity contribution < 1.29 is 14.2 Å². The SMILES string of the molecule is CCOc1c(CN(C)c2cc([C@H]3CCOC3)nc(N)n2)cccc1OC. The van der Waals surface area contributed by atoms with Gasteiger partial charge in [0, 0.05) is 37.7 Å². The summed E-state index contributed by atoms with van der Waals surface area (Å²) in [5.41, 5.74) is 7.91. The van der Waals surface area contributed by atoms with E-state index in [-0.39, 0.29) is 11.9 Å². The van der Waals surface area contributed by atoms with Gasteiger partial charge in [-0.05, 0) is 19.4 Å². The van der Waals surface area contributed by atoms with E-state index >= 15 is 0 Å². The van der Waals surface area contributed by atoms with Crippen molar-refractivity contribution in [1.82, 2.24) is 9.97 Å². The molecule has 1 aromatic carbocycles. The second kappa shape index (κ2) is 8.23. The van der Waals surface area contributed by atoms with E-state index in [1.807, 2.05) is 43.1 Å². The first kappa shape index (κ1) is 18.3. The number of nitrogens with two attached hydrogens (primary N) is 1. The molecule has 0 amide bonds. The van der Waals surface area contributed by atoms with E-state index in [0.717, 1.165) is 41.6 Å². The zero-order chi connectivity index (χ0) is 18.5. The molecular weight excluding hydrogens is 332 g/mol. The first-order valence-corrected chi connectivity index (χ1v) is 8.84. The van der Waals surface area contributed by atoms with Crippen LogP contribution in [0.25, 0.3) is 0 Å². The Kier molecular flexibility index (Phi) is 5.78. The van der Waals surface area contributed by atoms with Crippen molar-refractivity contribution in [2.45, 2.75) is 25.8 Å². The predicted molar refractivity (Wildman–Crippen MR) is 101 cm³/mol. The van der Waals surface area contributed by atoms with Crippen LogP contribution in [0.3, 0.4) is 0 Å². The summed E-state index contributed by atoms with van der Waals surface area (Å²) in [6.07, 6.45) is 0.962. The zero-order valence-corrected chi connectivity index (χ0v) is 15.6. The minimum absolute atomic E-state index is 0.281. The van der Waals surface area contributed by atoms with Crippen LogP contribution in [0, 0.1) is 0 Å². The molecule has 1 aliphatic heterocycles. The van der Waals surface area contributed by atoms with Crippen LogP contribution in [0.15, 0.2) is 24.3 Å². The maximum atomic E-state index is 5.95. The first-order valence-electron chi connectivity index (χ1n) is 8.84. The summed E-state index contributed by atoms with van der Waals surface area (Å²) in [6, 6.07) is 7.88. The molecule has 0 unspecified atom stereocenters. The van der Waals surface area contributed by atoms with Crippen molar-refractivity contribution in [3.63, 3.8) is 0 Å². The Bertz CT molecular complexity index is 748. The molecule has 1 fully saturated rings. The number of nitrogens with zero attached hydrogens (tertiary/aromatic N) is 3. The fourth-order valence-electron chi connectivity index (χ4n) is 3.14. The van der Waals surface area contributed by atoms with Gasteiger partial charge in [0.2, 0.25) is 5.95 Å². The highest BCUT2D eigenvalue weighted by atomic mass is 16.5. The molecule has 1 aliphatic rings. The summed E-state index contributed by atoms with van der Waals surface area (Å²) < 4.78 is 16.7. The standard InChI is InChI=1S/C19H26N4O3/c1-4-26-18-13(6-5-7-16(18)24-3)11-23(2)17-10-15(21-19(20)22-17)14-8-9-25-12-14/h5-7,10,14H,4,8-9,11-12H2,1-3H3,(H2,20,21,22)/t14-/m0/s1. The van der Waals surface area contributed by atoms with Crippen molar-refractivity contribution in [2.24, 2.45) is 0 Å². The van der Waals surface area contributed by atoms with Gasteiger partial charge in [0.1, 0.15) is 5.82 Å². The second-order valence-electron chi connectivity index (χ2n) is 6.31. The van der Waals surface area contributed by atoms with Crippen LogP contribution in [0.5, 0.6) is 11.5 Å². The number of aromatic nitrogens is 2. The molecule has 7 nitrogen and oxygen atoms in total. The minimum Gasteiger partial charge on any atom is -0.493 e. The Balaban J connectivity index is 1.85. The summed E-state index contributed by atoms with van der Waals surface area (Å²) >= 11 is 0. The maximum absolute atomic E-state index is 5.95. The fraction of sp³-hybridized carbons (Fsp3) is 0.474. The van der Waals surface area contributed by atoms with Crippen LogP contribution in [0.1, 0.15) is 30.5 Å². The van der Waals surface area contributed by atoms with Gasteiger partial charge in [-0.15, -0.1) is 0 Å². The van der Waals surface area contributed by atoms with Crippen molar-refractivity contribution in [1.29, 1.82) is 0 Å². The monoisotopic (exact) mass is 358 g/mol. The van der Waals surface area contributed by atoms with Crippen LogP contribution in [0.2, 0.25) is 0 Å². The summed E-state index contributed by atoms with van der Waals surface area (Å²) in [5, 5.41) is 0. The van der Waals surface area contributed by atoms with Gasteiger partial charge in [0.05, 0.1) is 26.0 Å². The molecule has 3 rings (SSSR count). The highest BCUT2D eigenvalue weighted by molar-refractivity contribution is 5.50. The van der Waals surface area contributed by atoms with Gasteiger partial charge < -0.3 is 24.8 Å². The lowest BCUT2D eigenvalue weighted by atomic mass is 10.0. The summed E-state index contributed by atoms with van der Waals surface area (Å²) in [5.74, 6) is 2.83. The highest BCUT2D eigenvalue weighted by Gasteiger charge is 2.21. The van der Waals surface area contributed by atoms with Gasteiger partial charge in [-0.1, -0.05) is 12.1 Å². The van der Waals surface area contributed by atoms with E-state index in [0.29, 0.717) is 19.8 Å². The molecule has 140 valence electrons. The number of hydrogen-bond donors (Lipinski definition) is 1. The number of nitrogen functional groups attached to an aromatic ring is 1. The molecule has 0 saturated carbocycles. The quantitative estimate of drug-likeness (QED) is 0.814. The van der Waals surface area contributed by atoms with Gasteiger partial charge in [-0.3, -0.25) is 0 Å². The molecule has 1 saturated heterocycles. The second-order valence-corrected chi connectivity index (χ2v) is 6.31. The van der Waals surface area contributed by atoms with Gasteiger partial charge in [0.25, 0.3) is 0 Å². The zero-order valence-electron chi connectivity index (χ0n) is 15.6. The topological polar surface area (TPSA) is 82.7 Å². The third-order valence-corrected chi connectivity index (χ3v) is 4.47. The fourth-order valence-corrected chi connectivity index (χ4v) is 3.14. The Morgan fingerprint density at radius 2 is 2.19 bits per heavy atom. The molecule has 26 heavy (non-hydrogen) atoms. The molecule has 0 spiro atoms. The van der Waals surface area contributed by atoms with Gasteiger partial charge in [-0.25, -0.2) is 4.98 Å². The van der Waals surface area contributed by atoms with Crippen molar-refractivity contribution in [2.75, 3.05) is 44.6 Å². The molecule has 1 aromatic heterocycles. The Morgan fingerprint density at radius 3 is 2.88 bits per heavy atom. The number of ether oxygens (including phenoxy) is 3. The molecule has 0 aliphatic carbocycles. The smallest absolute Gasteiger partial charge is 0.222 e. The van der Waals surface area contributed by atoms with E-state index in [2.05, 4.69) is 9.97 Å². The average molecular weight is 358 g/mol. The maximum Gasteiger partial charge on any atom is 0.222 e. The summed E-state index contributed by atoms with van der Waals surface area (Å²) in [7, 11) is 3.62. The largest absolute Gasteiger partial charge is 0.493 e. The normalized spacial score (nSPS) is 16.5. The molecule has 2 N–H and O–H groups in total. The highest BCUT2D eigenvalue weighted by Crippen LogP contribution is 2.33. The van der Waals surface area contributed by atoms with E-state index < -0.39 is 0 Å². The van der Waals surface area contributed by atoms with E-state index in [1.165, 1.54) is 0 Å². The molecular formula is C19H26N4O3. The minimum atomic E-state index is 0.281. The van der Waals surface area contributed by atoms with Crippen molar-refractivity contribution >= 4 is 11.8 Å². The van der Waals surface area contributed by atoms with Gasteiger partial charge >= 0.3 is 0 Å². The van der Waals surface area contributed by atoms with Crippen molar-refractivity contribution in [3.8, 4) is 11.5 Å². The molecule has 0 radical (unpaired) electrons. The number of anilines is 2. The number of para-hydroxylation sites is 1. The Hall–Kier alpha value is -2.54. The molecule has 2 heterocycles. The van der Waals surface area contributed by atoms with Crippen LogP contribution in [-0.2, 0) is 11.3 Å². The van der Waals surface area contributed by atoms with Gasteiger partial charge in [0.15, 0.2) is 11.5 Å². The van der Waals surface area contributed by atoms with Crippen molar-refractivity contribution in [3.05, 3.63) is 35.5 Å². The number of benzene rings is 1. The molecule has 7 heteroatoms. The Morgan fingerprint density at radius 1 is 1.35 bits per heavy atom. The first-order chi connectivity index (χ1) is 12.6. The van der Waals surface area contributed by atoms with Crippen LogP contribution in [0.4, 0.5) is 11.8 Å². The van der Waals surface area contributed by atoms with Crippen LogP contribution in [-0.4, -0.2) is 43.9 Å². The van der Waals surface area contributed by atoms with E-state index in [9.17, 15) is 0 Å². The number of methoxy groups -OCH3 is 1. The molecule has 2 aromatic rings. The van der Waals surface area contributed by atoms with Crippen LogP contribution < -0.4 is 20.1 Å². The number of rotatable bonds is 7. The van der Waals surface area contributed by atoms with Crippen LogP contribution >= 0.6 is 0 Å².